The van der Waals surface area contributed by atoms with Crippen LogP contribution >= 0.6 is 11.3 Å². The van der Waals surface area contributed by atoms with Crippen molar-refractivity contribution in [3.63, 3.8) is 0 Å². The van der Waals surface area contributed by atoms with E-state index in [0.717, 1.165) is 70.3 Å². The molecule has 130 valence electrons. The molecule has 1 unspecified atom stereocenters. The Morgan fingerprint density at radius 2 is 1.83 bits per heavy atom. The van der Waals surface area contributed by atoms with E-state index >= 15 is 0 Å². The summed E-state index contributed by atoms with van der Waals surface area (Å²) < 4.78 is 6.26. The van der Waals surface area contributed by atoms with Gasteiger partial charge in [0, 0.05) is 31.6 Å². The lowest BCUT2D eigenvalue weighted by Gasteiger charge is -2.39. The molecule has 0 bridgehead atoms. The number of carbonyl (C=O) groups excluding carboxylic acids is 2. The summed E-state index contributed by atoms with van der Waals surface area (Å²) in [6.45, 7) is 3.21. The quantitative estimate of drug-likeness (QED) is 0.825. The Hall–Kier alpha value is -1.40. The number of carbonyl (C=O) groups is 2. The van der Waals surface area contributed by atoms with Crippen LogP contribution in [0.15, 0.2) is 16.8 Å². The van der Waals surface area contributed by atoms with Gasteiger partial charge in [-0.05, 0) is 50.0 Å². The highest BCUT2D eigenvalue weighted by atomic mass is 32.1. The van der Waals surface area contributed by atoms with Crippen molar-refractivity contribution in [2.75, 3.05) is 26.2 Å². The molecule has 1 aromatic heterocycles. The van der Waals surface area contributed by atoms with E-state index in [-0.39, 0.29) is 23.5 Å². The van der Waals surface area contributed by atoms with Gasteiger partial charge in [0.15, 0.2) is 0 Å². The molecule has 3 saturated heterocycles. The Bertz CT molecular complexity index is 602. The lowest BCUT2D eigenvalue weighted by Crippen LogP contribution is -2.47. The van der Waals surface area contributed by atoms with E-state index in [1.165, 1.54) is 0 Å². The SMILES string of the molecule is O=C(c1ccsc1)N1CCC2(CCC(C(=O)N3CCCC3)O2)CC1. The van der Waals surface area contributed by atoms with Crippen LogP contribution in [0.3, 0.4) is 0 Å². The molecule has 24 heavy (non-hydrogen) atoms. The van der Waals surface area contributed by atoms with Crippen LogP contribution in [0, 0.1) is 0 Å². The minimum Gasteiger partial charge on any atom is -0.362 e. The van der Waals surface area contributed by atoms with Crippen molar-refractivity contribution in [1.29, 1.82) is 0 Å². The number of thiophene rings is 1. The molecule has 0 N–H and O–H groups in total. The molecule has 4 heterocycles. The molecular weight excluding hydrogens is 324 g/mol. The van der Waals surface area contributed by atoms with Crippen molar-refractivity contribution in [1.82, 2.24) is 9.80 Å². The smallest absolute Gasteiger partial charge is 0.254 e. The molecule has 3 aliphatic heterocycles. The molecule has 1 aromatic rings. The van der Waals surface area contributed by atoms with E-state index in [9.17, 15) is 9.59 Å². The fraction of sp³-hybridized carbons (Fsp3) is 0.667. The average Bonchev–Trinajstić information content (AvgIpc) is 3.36. The first-order chi connectivity index (χ1) is 11.7. The highest BCUT2D eigenvalue weighted by Gasteiger charge is 2.46. The Morgan fingerprint density at radius 3 is 2.50 bits per heavy atom. The van der Waals surface area contributed by atoms with Gasteiger partial charge in [0.2, 0.25) is 0 Å². The van der Waals surface area contributed by atoms with E-state index in [0.29, 0.717) is 0 Å². The van der Waals surface area contributed by atoms with Gasteiger partial charge in [-0.2, -0.15) is 11.3 Å². The van der Waals surface area contributed by atoms with Crippen LogP contribution < -0.4 is 0 Å². The van der Waals surface area contributed by atoms with Crippen LogP contribution in [0.2, 0.25) is 0 Å². The minimum absolute atomic E-state index is 0.119. The number of hydrogen-bond acceptors (Lipinski definition) is 4. The minimum atomic E-state index is -0.262. The Morgan fingerprint density at radius 1 is 1.08 bits per heavy atom. The van der Waals surface area contributed by atoms with Gasteiger partial charge >= 0.3 is 0 Å². The molecular formula is C18H24N2O3S. The maximum atomic E-state index is 12.5. The summed E-state index contributed by atoms with van der Waals surface area (Å²) in [5, 5.41) is 3.84. The zero-order valence-electron chi connectivity index (χ0n) is 13.9. The van der Waals surface area contributed by atoms with Gasteiger partial charge in [0.25, 0.3) is 11.8 Å². The van der Waals surface area contributed by atoms with Crippen LogP contribution in [0.25, 0.3) is 0 Å². The number of amides is 2. The number of ether oxygens (including phenoxy) is 1. The van der Waals surface area contributed by atoms with Crippen LogP contribution in [0.5, 0.6) is 0 Å². The van der Waals surface area contributed by atoms with Crippen molar-refractivity contribution in [3.05, 3.63) is 22.4 Å². The monoisotopic (exact) mass is 348 g/mol. The highest BCUT2D eigenvalue weighted by molar-refractivity contribution is 7.08. The third-order valence-corrected chi connectivity index (χ3v) is 6.36. The zero-order valence-corrected chi connectivity index (χ0v) is 14.7. The maximum absolute atomic E-state index is 12.5. The maximum Gasteiger partial charge on any atom is 0.254 e. The molecule has 6 heteroatoms. The van der Waals surface area contributed by atoms with Crippen LogP contribution in [-0.2, 0) is 9.53 Å². The first-order valence-corrected chi connectivity index (χ1v) is 9.89. The predicted molar refractivity (Wildman–Crippen MR) is 92.1 cm³/mol. The lowest BCUT2D eigenvalue weighted by atomic mass is 9.88. The Labute approximate surface area is 146 Å². The predicted octanol–water partition coefficient (Wildman–Crippen LogP) is 2.52. The van der Waals surface area contributed by atoms with E-state index in [1.54, 1.807) is 11.3 Å². The molecule has 1 spiro atoms. The van der Waals surface area contributed by atoms with E-state index in [2.05, 4.69) is 0 Å². The number of nitrogens with zero attached hydrogens (tertiary/aromatic N) is 2. The van der Waals surface area contributed by atoms with Crippen molar-refractivity contribution < 1.29 is 14.3 Å². The Kier molecular flexibility index (Phi) is 4.35. The lowest BCUT2D eigenvalue weighted by molar-refractivity contribution is -0.149. The number of likely N-dealkylation sites (tertiary alicyclic amines) is 2. The first kappa shape index (κ1) is 16.1. The number of rotatable bonds is 2. The molecule has 0 radical (unpaired) electrons. The topological polar surface area (TPSA) is 49.9 Å². The average molecular weight is 348 g/mol. The summed E-state index contributed by atoms with van der Waals surface area (Å²) in [6.07, 6.45) is 5.42. The summed E-state index contributed by atoms with van der Waals surface area (Å²) >= 11 is 1.55. The first-order valence-electron chi connectivity index (χ1n) is 8.95. The van der Waals surface area contributed by atoms with Crippen molar-refractivity contribution >= 4 is 23.2 Å². The molecule has 3 aliphatic rings. The van der Waals surface area contributed by atoms with Gasteiger partial charge in [0.1, 0.15) is 6.10 Å². The Balaban J connectivity index is 1.34. The van der Waals surface area contributed by atoms with Crippen molar-refractivity contribution in [2.24, 2.45) is 0 Å². The van der Waals surface area contributed by atoms with Crippen LogP contribution in [0.4, 0.5) is 0 Å². The zero-order chi connectivity index (χ0) is 16.6. The molecule has 5 nitrogen and oxygen atoms in total. The van der Waals surface area contributed by atoms with E-state index in [1.807, 2.05) is 26.6 Å². The van der Waals surface area contributed by atoms with Crippen LogP contribution in [-0.4, -0.2) is 59.5 Å². The van der Waals surface area contributed by atoms with Gasteiger partial charge in [0.05, 0.1) is 11.2 Å². The largest absolute Gasteiger partial charge is 0.362 e. The second-order valence-corrected chi connectivity index (χ2v) is 7.94. The molecule has 2 amide bonds. The van der Waals surface area contributed by atoms with Crippen molar-refractivity contribution in [2.45, 2.75) is 50.2 Å². The second kappa shape index (κ2) is 6.48. The van der Waals surface area contributed by atoms with Gasteiger partial charge in [-0.1, -0.05) is 0 Å². The summed E-state index contributed by atoms with van der Waals surface area (Å²) in [5.74, 6) is 0.301. The fourth-order valence-electron chi connectivity index (χ4n) is 4.18. The molecule has 3 fully saturated rings. The van der Waals surface area contributed by atoms with E-state index < -0.39 is 0 Å². The molecule has 0 saturated carbocycles. The third kappa shape index (κ3) is 2.97. The number of piperidine rings is 1. The number of hydrogen-bond donors (Lipinski definition) is 0. The summed E-state index contributed by atoms with van der Waals surface area (Å²) in [4.78, 5) is 28.9. The van der Waals surface area contributed by atoms with Gasteiger partial charge in [-0.25, -0.2) is 0 Å². The summed E-state index contributed by atoms with van der Waals surface area (Å²) in [5.41, 5.74) is 0.594. The second-order valence-electron chi connectivity index (χ2n) is 7.16. The highest BCUT2D eigenvalue weighted by Crippen LogP contribution is 2.40. The summed E-state index contributed by atoms with van der Waals surface area (Å²) in [6, 6.07) is 1.88. The van der Waals surface area contributed by atoms with Crippen molar-refractivity contribution in [3.8, 4) is 0 Å². The van der Waals surface area contributed by atoms with Gasteiger partial charge in [-0.3, -0.25) is 9.59 Å². The molecule has 4 rings (SSSR count). The normalized spacial score (nSPS) is 26.2. The van der Waals surface area contributed by atoms with Crippen LogP contribution in [0.1, 0.15) is 48.9 Å². The molecule has 1 atom stereocenters. The molecule has 0 aromatic carbocycles. The van der Waals surface area contributed by atoms with Gasteiger partial charge < -0.3 is 14.5 Å². The summed E-state index contributed by atoms with van der Waals surface area (Å²) in [7, 11) is 0. The fourth-order valence-corrected chi connectivity index (χ4v) is 4.81. The molecule has 0 aliphatic carbocycles. The van der Waals surface area contributed by atoms with E-state index in [4.69, 9.17) is 4.74 Å². The standard InChI is InChI=1S/C18H24N2O3S/c21-16(14-4-12-24-13-14)20-10-6-18(7-11-20)5-3-15(23-18)17(22)19-8-1-2-9-19/h4,12-13,15H,1-3,5-11H2. The third-order valence-electron chi connectivity index (χ3n) is 5.68. The van der Waals surface area contributed by atoms with Gasteiger partial charge in [-0.15, -0.1) is 0 Å².